The fraction of sp³-hybridized carbons (Fsp3) is 0.692. The number of carbonyl (C=O) groups is 4. The second-order valence-electron chi connectivity index (χ2n) is 35.5. The molecule has 2 atom stereocenters. The van der Waals surface area contributed by atoms with Gasteiger partial charge in [0.1, 0.15) is 16.1 Å². The van der Waals surface area contributed by atoms with Gasteiger partial charge in [0.05, 0.1) is 32.0 Å². The van der Waals surface area contributed by atoms with Gasteiger partial charge in [-0.25, -0.2) is 0 Å². The van der Waals surface area contributed by atoms with Crippen molar-refractivity contribution in [1.82, 2.24) is 9.80 Å². The fourth-order valence-corrected chi connectivity index (χ4v) is 41.4. The Morgan fingerprint density at radius 1 is 0.324 bits per heavy atom. The molecule has 0 N–H and O–H groups in total. The maximum Gasteiger partial charge on any atom is 0.263 e. The largest absolute Gasteiger partial charge is 0.274 e. The average molecular weight is 1570 g/mol. The molecule has 4 aliphatic heterocycles. The van der Waals surface area contributed by atoms with Crippen molar-refractivity contribution in [2.75, 3.05) is 13.1 Å². The van der Waals surface area contributed by atoms with Crippen LogP contribution < -0.4 is 20.7 Å². The van der Waals surface area contributed by atoms with Crippen LogP contribution in [-0.4, -0.2) is 62.7 Å². The molecule has 0 aromatic carbocycles. The second kappa shape index (κ2) is 38.0. The summed E-state index contributed by atoms with van der Waals surface area (Å²) in [7, 11) is -4.91. The Hall–Kier alpha value is -3.09. The Kier molecular flexibility index (Phi) is 30.5. The normalized spacial score (nSPS) is 16.7. The molecule has 6 aromatic rings. The third-order valence-electron chi connectivity index (χ3n) is 24.9. The van der Waals surface area contributed by atoms with Gasteiger partial charge < -0.3 is 0 Å². The number of nitrogens with zero attached hydrogens (tertiary/aromatic N) is 2. The van der Waals surface area contributed by atoms with E-state index in [4.69, 9.17) is 0 Å². The van der Waals surface area contributed by atoms with Gasteiger partial charge in [0.2, 0.25) is 0 Å². The van der Waals surface area contributed by atoms with E-state index in [0.717, 1.165) is 75.8 Å². The van der Waals surface area contributed by atoms with Gasteiger partial charge in [-0.1, -0.05) is 329 Å². The van der Waals surface area contributed by atoms with E-state index in [0.29, 0.717) is 47.2 Å². The Bertz CT molecular complexity index is 3830. The zero-order chi connectivity index (χ0) is 75.4. The zero-order valence-corrected chi connectivity index (χ0v) is 75.5. The highest BCUT2D eigenvalue weighted by molar-refractivity contribution is 7.33. The molecule has 4 aliphatic rings. The van der Waals surface area contributed by atoms with Gasteiger partial charge in [-0.2, -0.15) is 0 Å². The molecule has 580 valence electrons. The van der Waals surface area contributed by atoms with Gasteiger partial charge in [-0.15, -0.1) is 68.0 Å². The van der Waals surface area contributed by atoms with Crippen molar-refractivity contribution in [3.63, 3.8) is 0 Å². The number of hydrogen-bond donors (Lipinski definition) is 0. The summed E-state index contributed by atoms with van der Waals surface area (Å²) >= 11 is 11.4. The van der Waals surface area contributed by atoms with Gasteiger partial charge in [0.25, 0.3) is 23.6 Å². The number of amides is 4. The van der Waals surface area contributed by atoms with Gasteiger partial charge in [0.15, 0.2) is 0 Å². The van der Waals surface area contributed by atoms with Crippen molar-refractivity contribution in [2.24, 2.45) is 11.8 Å². The molecule has 14 heteroatoms. The van der Waals surface area contributed by atoms with E-state index in [1.165, 1.54) is 238 Å². The second-order valence-corrected chi connectivity index (χ2v) is 50.0. The Morgan fingerprint density at radius 3 is 1.05 bits per heavy atom. The standard InChI is InChI=1S/C91H138N2O4S6Si2/c1-17-25-31-35-39-41-43-47-53-92-85(94)73-75(87(92)96)83(90(12,13)14)102-77(73)66-58-68-80(99-66)82-70(105(68,61-63(23-7)51-29-21-5)62-64(24-8)52-30-22-6)60-72(101-82)91(15,16)84-76-74(86(95)93(88(76)97)54-48-44-42-40-36-32-26-18-2)78(103-84)65-57-67-79(98-65)81-69(59-71(100-81)89(9,10)11)104(67,55-49-45-37-33-27-19-3)56-50-46-38-34-28-20-4/h57-60,63-64H,17-56,61-62H2,1-16H3. The smallest absolute Gasteiger partial charge is 0.263 e. The fourth-order valence-electron chi connectivity index (χ4n) is 18.4. The zero-order valence-electron chi connectivity index (χ0n) is 68.6. The molecule has 0 saturated heterocycles. The summed E-state index contributed by atoms with van der Waals surface area (Å²) in [6.45, 7) is 38.4. The van der Waals surface area contributed by atoms with E-state index in [9.17, 15) is 4.79 Å². The average Bonchev–Trinajstić information content (AvgIpc) is 1.54. The molecule has 10 rings (SSSR count). The summed E-state index contributed by atoms with van der Waals surface area (Å²) < 4.78 is 0. The molecule has 0 aliphatic carbocycles. The van der Waals surface area contributed by atoms with Crippen molar-refractivity contribution >= 4 is 129 Å². The van der Waals surface area contributed by atoms with Crippen LogP contribution in [0.4, 0.5) is 0 Å². The van der Waals surface area contributed by atoms with E-state index in [2.05, 4.69) is 146 Å². The van der Waals surface area contributed by atoms with Crippen molar-refractivity contribution in [1.29, 1.82) is 0 Å². The predicted octanol–water partition coefficient (Wildman–Crippen LogP) is 28.0. The van der Waals surface area contributed by atoms with Gasteiger partial charge in [0, 0.05) is 67.3 Å². The number of thiophene rings is 6. The van der Waals surface area contributed by atoms with Crippen LogP contribution in [0, 0.1) is 11.8 Å². The number of carbonyl (C=O) groups excluding carboxylic acids is 4. The molecule has 6 aromatic heterocycles. The highest BCUT2D eigenvalue weighted by Gasteiger charge is 2.54. The van der Waals surface area contributed by atoms with Crippen LogP contribution in [0.25, 0.3) is 39.0 Å². The first kappa shape index (κ1) is 84.4. The summed E-state index contributed by atoms with van der Waals surface area (Å²) in [6.07, 6.45) is 43.7. The lowest BCUT2D eigenvalue weighted by Gasteiger charge is -2.36. The number of imide groups is 2. The van der Waals surface area contributed by atoms with Gasteiger partial charge >= 0.3 is 0 Å². The SMILES string of the molecule is CCCCCCCCCCN1C(=O)c2c(-c3cc4c(s3)-c3sc(C(C)(C)c5sc(-c6cc7c(s6)-c6sc(C(C)(C)C)cc6[Si]7(CCCCCCCC)CCCCCCCC)c6c5C(=O)N(CCCCCCCCCC)C6=O)cc3[Si]4(CC(CC)CCCC)CC(CC)CCCC)sc(C(C)(C)C)c2C1=O. The van der Waals surface area contributed by atoms with E-state index >= 15 is 14.4 Å². The summed E-state index contributed by atoms with van der Waals surface area (Å²) in [5, 5.41) is 6.51. The summed E-state index contributed by atoms with van der Waals surface area (Å²) in [6, 6.07) is 15.6. The number of fused-ring (bicyclic) bond motifs is 8. The highest BCUT2D eigenvalue weighted by Crippen LogP contribution is 2.57. The van der Waals surface area contributed by atoms with E-state index in [-0.39, 0.29) is 34.5 Å². The first-order valence-corrected chi connectivity index (χ1v) is 52.9. The summed E-state index contributed by atoms with van der Waals surface area (Å²) in [4.78, 5) is 80.4. The van der Waals surface area contributed by atoms with Gasteiger partial charge in [-0.3, -0.25) is 29.0 Å². The Morgan fingerprint density at radius 2 is 0.648 bits per heavy atom. The first-order valence-electron chi connectivity index (χ1n) is 43.1. The Labute approximate surface area is 664 Å². The van der Waals surface area contributed by atoms with Crippen molar-refractivity contribution in [3.05, 3.63) is 66.0 Å². The minimum absolute atomic E-state index is 0.0456. The van der Waals surface area contributed by atoms with E-state index in [1.807, 2.05) is 34.0 Å². The van der Waals surface area contributed by atoms with Crippen molar-refractivity contribution < 1.29 is 19.2 Å². The van der Waals surface area contributed by atoms with Crippen LogP contribution in [0.3, 0.4) is 0 Å². The summed E-state index contributed by atoms with van der Waals surface area (Å²) in [5.74, 6) is 0.813. The molecular weight excluding hydrogens is 1430 g/mol. The molecule has 2 unspecified atom stereocenters. The number of hydrogen-bond acceptors (Lipinski definition) is 10. The van der Waals surface area contributed by atoms with E-state index < -0.39 is 21.6 Å². The van der Waals surface area contributed by atoms with Crippen LogP contribution in [0.2, 0.25) is 24.2 Å². The minimum atomic E-state index is -2.63. The first-order chi connectivity index (χ1) is 50.5. The van der Waals surface area contributed by atoms with Crippen LogP contribution in [-0.2, 0) is 16.2 Å². The molecule has 0 fully saturated rings. The maximum atomic E-state index is 16.0. The molecule has 10 heterocycles. The lowest BCUT2D eigenvalue weighted by Crippen LogP contribution is -2.57. The molecular formula is C91H138N2O4S6Si2. The quantitative estimate of drug-likeness (QED) is 0.0217. The summed E-state index contributed by atoms with van der Waals surface area (Å²) in [5.41, 5.74) is 1.79. The minimum Gasteiger partial charge on any atom is -0.274 e. The monoisotopic (exact) mass is 1570 g/mol. The molecule has 6 nitrogen and oxygen atoms in total. The number of rotatable bonds is 48. The molecule has 4 amide bonds. The molecule has 105 heavy (non-hydrogen) atoms. The molecule has 0 saturated carbocycles. The van der Waals surface area contributed by atoms with Crippen LogP contribution >= 0.6 is 68.0 Å². The maximum absolute atomic E-state index is 16.0. The number of unbranched alkanes of at least 4 members (excludes halogenated alkanes) is 26. The van der Waals surface area contributed by atoms with Crippen molar-refractivity contribution in [2.45, 2.75) is 382 Å². The van der Waals surface area contributed by atoms with Crippen molar-refractivity contribution in [3.8, 4) is 39.0 Å². The topological polar surface area (TPSA) is 74.8 Å². The highest BCUT2D eigenvalue weighted by atomic mass is 32.1. The third-order valence-corrected chi connectivity index (χ3v) is 45.3. The van der Waals surface area contributed by atoms with Crippen LogP contribution in [0.1, 0.15) is 403 Å². The van der Waals surface area contributed by atoms with Crippen LogP contribution in [0.5, 0.6) is 0 Å². The Balaban J connectivity index is 1.12. The van der Waals surface area contributed by atoms with Gasteiger partial charge in [-0.05, 0) is 105 Å². The van der Waals surface area contributed by atoms with Crippen LogP contribution in [0.15, 0.2) is 24.3 Å². The lowest BCUT2D eigenvalue weighted by molar-refractivity contribution is 0.0635. The third kappa shape index (κ3) is 18.2. The predicted molar refractivity (Wildman–Crippen MR) is 470 cm³/mol. The molecule has 0 spiro atoms. The molecule has 0 bridgehead atoms. The lowest BCUT2D eigenvalue weighted by atomic mass is 9.86. The van der Waals surface area contributed by atoms with E-state index in [1.54, 1.807) is 53.2 Å². The molecule has 0 radical (unpaired) electrons.